The van der Waals surface area contributed by atoms with Gasteiger partial charge in [0, 0.05) is 11.4 Å². The minimum atomic E-state index is 0.699. The highest BCUT2D eigenvalue weighted by Crippen LogP contribution is 2.25. The van der Waals surface area contributed by atoms with Crippen molar-refractivity contribution in [3.05, 3.63) is 47.0 Å². The van der Waals surface area contributed by atoms with Gasteiger partial charge in [-0.15, -0.1) is 0 Å². The fourth-order valence-electron chi connectivity index (χ4n) is 2.91. The third-order valence-electron chi connectivity index (χ3n) is 4.00. The molecule has 0 aliphatic heterocycles. The van der Waals surface area contributed by atoms with Gasteiger partial charge in [-0.1, -0.05) is 12.1 Å². The zero-order valence-electron chi connectivity index (χ0n) is 11.5. The van der Waals surface area contributed by atoms with E-state index >= 15 is 0 Å². The molecule has 19 heavy (non-hydrogen) atoms. The molecule has 1 aromatic carbocycles. The third kappa shape index (κ3) is 2.30. The second-order valence-corrected chi connectivity index (χ2v) is 5.37. The number of rotatable bonds is 3. The second kappa shape index (κ2) is 5.17. The van der Waals surface area contributed by atoms with Crippen molar-refractivity contribution in [3.63, 3.8) is 0 Å². The molecule has 0 unspecified atom stereocenters. The Morgan fingerprint density at radius 3 is 2.95 bits per heavy atom. The summed E-state index contributed by atoms with van der Waals surface area (Å²) in [5.74, 6) is 0. The SMILES string of the molecule is Cc1ccc(CCN)cc1-n1cnc2c1CCCC2. The largest absolute Gasteiger partial charge is 0.330 e. The lowest BCUT2D eigenvalue weighted by molar-refractivity contribution is 0.655. The van der Waals surface area contributed by atoms with Crippen molar-refractivity contribution in [2.45, 2.75) is 39.0 Å². The molecule has 100 valence electrons. The van der Waals surface area contributed by atoms with Gasteiger partial charge < -0.3 is 10.3 Å². The summed E-state index contributed by atoms with van der Waals surface area (Å²) in [5.41, 5.74) is 12.2. The maximum absolute atomic E-state index is 5.66. The van der Waals surface area contributed by atoms with Gasteiger partial charge in [-0.2, -0.15) is 0 Å². The molecule has 1 aliphatic carbocycles. The topological polar surface area (TPSA) is 43.8 Å². The standard InChI is InChI=1S/C16H21N3/c1-12-6-7-13(8-9-17)10-16(12)19-11-18-14-4-2-3-5-15(14)19/h6-7,10-11H,2-5,8-9,17H2,1H3. The zero-order chi connectivity index (χ0) is 13.2. The van der Waals surface area contributed by atoms with E-state index < -0.39 is 0 Å². The summed E-state index contributed by atoms with van der Waals surface area (Å²) in [7, 11) is 0. The van der Waals surface area contributed by atoms with Crippen LogP contribution in [0.25, 0.3) is 5.69 Å². The van der Waals surface area contributed by atoms with Gasteiger partial charge in [0.05, 0.1) is 12.0 Å². The molecule has 3 rings (SSSR count). The van der Waals surface area contributed by atoms with Crippen molar-refractivity contribution in [2.75, 3.05) is 6.54 Å². The molecule has 0 saturated carbocycles. The summed E-state index contributed by atoms with van der Waals surface area (Å²) in [6.07, 6.45) is 7.75. The van der Waals surface area contributed by atoms with Gasteiger partial charge in [0.15, 0.2) is 0 Å². The van der Waals surface area contributed by atoms with Crippen LogP contribution in [0.3, 0.4) is 0 Å². The predicted octanol–water partition coefficient (Wildman–Crippen LogP) is 2.56. The van der Waals surface area contributed by atoms with E-state index in [0.29, 0.717) is 6.54 Å². The van der Waals surface area contributed by atoms with Gasteiger partial charge in [-0.25, -0.2) is 4.98 Å². The minimum absolute atomic E-state index is 0.699. The quantitative estimate of drug-likeness (QED) is 0.916. The van der Waals surface area contributed by atoms with Crippen molar-refractivity contribution < 1.29 is 0 Å². The van der Waals surface area contributed by atoms with Crippen LogP contribution in [0, 0.1) is 6.92 Å². The smallest absolute Gasteiger partial charge is 0.0997 e. The lowest BCUT2D eigenvalue weighted by atomic mass is 10.0. The van der Waals surface area contributed by atoms with E-state index in [1.165, 1.54) is 41.0 Å². The fourth-order valence-corrected chi connectivity index (χ4v) is 2.91. The van der Waals surface area contributed by atoms with Crippen LogP contribution in [-0.2, 0) is 19.3 Å². The summed E-state index contributed by atoms with van der Waals surface area (Å²) < 4.78 is 2.28. The molecule has 2 aromatic rings. The van der Waals surface area contributed by atoms with Crippen LogP contribution in [0.5, 0.6) is 0 Å². The maximum Gasteiger partial charge on any atom is 0.0997 e. The molecule has 3 nitrogen and oxygen atoms in total. The second-order valence-electron chi connectivity index (χ2n) is 5.37. The van der Waals surface area contributed by atoms with E-state index in [-0.39, 0.29) is 0 Å². The molecule has 1 aliphatic rings. The molecule has 1 aromatic heterocycles. The Morgan fingerprint density at radius 1 is 1.26 bits per heavy atom. The summed E-state index contributed by atoms with van der Waals surface area (Å²) >= 11 is 0. The number of benzene rings is 1. The van der Waals surface area contributed by atoms with Crippen LogP contribution in [0.4, 0.5) is 0 Å². The molecule has 1 heterocycles. The zero-order valence-corrected chi connectivity index (χ0v) is 11.5. The highest BCUT2D eigenvalue weighted by Gasteiger charge is 2.17. The molecule has 0 fully saturated rings. The van der Waals surface area contributed by atoms with Gasteiger partial charge in [-0.05, 0) is 62.8 Å². The van der Waals surface area contributed by atoms with Crippen LogP contribution in [0.1, 0.15) is 35.4 Å². The van der Waals surface area contributed by atoms with Crippen molar-refractivity contribution >= 4 is 0 Å². The Morgan fingerprint density at radius 2 is 2.11 bits per heavy atom. The molecule has 0 saturated heterocycles. The molecule has 0 bridgehead atoms. The maximum atomic E-state index is 5.66. The van der Waals surface area contributed by atoms with Crippen LogP contribution < -0.4 is 5.73 Å². The Labute approximate surface area is 114 Å². The normalized spacial score (nSPS) is 14.4. The van der Waals surface area contributed by atoms with Crippen LogP contribution in [0.2, 0.25) is 0 Å². The molecule has 3 heteroatoms. The Hall–Kier alpha value is -1.61. The average molecular weight is 255 g/mol. The van der Waals surface area contributed by atoms with E-state index in [0.717, 1.165) is 19.3 Å². The Balaban J connectivity index is 2.06. The van der Waals surface area contributed by atoms with Gasteiger partial charge in [0.1, 0.15) is 0 Å². The molecule has 0 spiro atoms. The van der Waals surface area contributed by atoms with E-state index in [2.05, 4.69) is 34.7 Å². The summed E-state index contributed by atoms with van der Waals surface area (Å²) in [6.45, 7) is 2.86. The number of nitrogens with zero attached hydrogens (tertiary/aromatic N) is 2. The van der Waals surface area contributed by atoms with Crippen molar-refractivity contribution in [2.24, 2.45) is 5.73 Å². The van der Waals surface area contributed by atoms with Crippen LogP contribution >= 0.6 is 0 Å². The van der Waals surface area contributed by atoms with Crippen LogP contribution in [-0.4, -0.2) is 16.1 Å². The number of aromatic nitrogens is 2. The van der Waals surface area contributed by atoms with Gasteiger partial charge in [-0.3, -0.25) is 0 Å². The number of hydrogen-bond donors (Lipinski definition) is 1. The monoisotopic (exact) mass is 255 g/mol. The first kappa shape index (κ1) is 12.4. The number of hydrogen-bond acceptors (Lipinski definition) is 2. The minimum Gasteiger partial charge on any atom is -0.330 e. The molecule has 2 N–H and O–H groups in total. The molecular weight excluding hydrogens is 234 g/mol. The highest BCUT2D eigenvalue weighted by atomic mass is 15.1. The van der Waals surface area contributed by atoms with E-state index in [9.17, 15) is 0 Å². The average Bonchev–Trinajstić information content (AvgIpc) is 2.85. The van der Waals surface area contributed by atoms with Crippen molar-refractivity contribution in [1.29, 1.82) is 0 Å². The Kier molecular flexibility index (Phi) is 3.38. The predicted molar refractivity (Wildman–Crippen MR) is 77.7 cm³/mol. The molecule has 0 radical (unpaired) electrons. The van der Waals surface area contributed by atoms with Gasteiger partial charge in [0.25, 0.3) is 0 Å². The van der Waals surface area contributed by atoms with Gasteiger partial charge in [0.2, 0.25) is 0 Å². The lowest BCUT2D eigenvalue weighted by Crippen LogP contribution is -2.09. The third-order valence-corrected chi connectivity index (χ3v) is 4.00. The van der Waals surface area contributed by atoms with Crippen molar-refractivity contribution in [3.8, 4) is 5.69 Å². The fraction of sp³-hybridized carbons (Fsp3) is 0.438. The van der Waals surface area contributed by atoms with E-state index in [1.807, 2.05) is 6.33 Å². The van der Waals surface area contributed by atoms with E-state index in [4.69, 9.17) is 5.73 Å². The molecular formula is C16H21N3. The Bertz CT molecular complexity index is 584. The summed E-state index contributed by atoms with van der Waals surface area (Å²) in [4.78, 5) is 4.59. The first-order valence-corrected chi connectivity index (χ1v) is 7.14. The molecule has 0 atom stereocenters. The van der Waals surface area contributed by atoms with E-state index in [1.54, 1.807) is 0 Å². The number of fused-ring (bicyclic) bond motifs is 1. The first-order chi connectivity index (χ1) is 9.29. The summed E-state index contributed by atoms with van der Waals surface area (Å²) in [5, 5.41) is 0. The number of imidazole rings is 1. The number of aryl methyl sites for hydroxylation is 2. The van der Waals surface area contributed by atoms with Crippen LogP contribution in [0.15, 0.2) is 24.5 Å². The lowest BCUT2D eigenvalue weighted by Gasteiger charge is -2.16. The van der Waals surface area contributed by atoms with Gasteiger partial charge >= 0.3 is 0 Å². The highest BCUT2D eigenvalue weighted by molar-refractivity contribution is 5.45. The molecule has 0 amide bonds. The first-order valence-electron chi connectivity index (χ1n) is 7.14. The number of nitrogens with two attached hydrogens (primary N) is 1. The van der Waals surface area contributed by atoms with Crippen molar-refractivity contribution in [1.82, 2.24) is 9.55 Å². The summed E-state index contributed by atoms with van der Waals surface area (Å²) in [6, 6.07) is 6.63.